The number of rotatable bonds is 4. The molecule has 5 nitrogen and oxygen atoms in total. The van der Waals surface area contributed by atoms with E-state index in [-0.39, 0.29) is 11.7 Å². The molecule has 1 heterocycles. The van der Waals surface area contributed by atoms with Gasteiger partial charge in [0, 0.05) is 15.6 Å². The maximum atomic E-state index is 13.3. The lowest BCUT2D eigenvalue weighted by Gasteiger charge is -2.19. The second kappa shape index (κ2) is 7.93. The molecular weight excluding hydrogens is 432 g/mol. The first-order valence-corrected chi connectivity index (χ1v) is 9.69. The third-order valence-corrected chi connectivity index (χ3v) is 5.21. The molecule has 1 aliphatic rings. The number of carbonyl (C=O) groups is 1. The second-order valence-electron chi connectivity index (χ2n) is 6.34. The topological polar surface area (TPSA) is 62.1 Å². The van der Waals surface area contributed by atoms with Crippen molar-refractivity contribution < 1.29 is 14.6 Å². The van der Waals surface area contributed by atoms with Gasteiger partial charge in [-0.2, -0.15) is 0 Å². The summed E-state index contributed by atoms with van der Waals surface area (Å²) in [4.78, 5) is 19.5. The Kier molecular flexibility index (Phi) is 5.18. The van der Waals surface area contributed by atoms with Gasteiger partial charge >= 0.3 is 0 Å². The zero-order valence-electron chi connectivity index (χ0n) is 15.5. The Morgan fingerprint density at radius 3 is 2.41 bits per heavy atom. The number of amides is 1. The highest BCUT2D eigenvalue weighted by Crippen LogP contribution is 2.32. The fraction of sp³-hybridized carbons (Fsp3) is 0.0435. The van der Waals surface area contributed by atoms with Crippen molar-refractivity contribution in [3.05, 3.63) is 94.1 Å². The number of carbonyl (C=O) groups excluding carboxylic acids is 1. The molecule has 1 N–H and O–H groups in total. The molecule has 0 fully saturated rings. The Bertz CT molecular complexity index is 1140. The number of hydrogen-bond donors (Lipinski definition) is 1. The maximum Gasteiger partial charge on any atom is 0.282 e. The van der Waals surface area contributed by atoms with Gasteiger partial charge in [0.15, 0.2) is 0 Å². The number of aliphatic imine (C=N–C) groups is 1. The van der Waals surface area contributed by atoms with Crippen LogP contribution in [0.3, 0.4) is 0 Å². The number of methoxy groups -OCH3 is 1. The molecule has 144 valence electrons. The van der Waals surface area contributed by atoms with Crippen LogP contribution in [-0.4, -0.2) is 24.0 Å². The Morgan fingerprint density at radius 1 is 1.00 bits per heavy atom. The quantitative estimate of drug-likeness (QED) is 0.571. The zero-order chi connectivity index (χ0) is 20.4. The van der Waals surface area contributed by atoms with Gasteiger partial charge in [-0.1, -0.05) is 52.3 Å². The van der Waals surface area contributed by atoms with Gasteiger partial charge < -0.3 is 9.84 Å². The number of phenolic OH excluding ortho intramolecular Hbond substituents is 1. The van der Waals surface area contributed by atoms with Crippen molar-refractivity contribution in [1.82, 2.24) is 0 Å². The molecule has 3 aromatic rings. The highest BCUT2D eigenvalue weighted by molar-refractivity contribution is 9.10. The van der Waals surface area contributed by atoms with E-state index in [2.05, 4.69) is 20.9 Å². The van der Waals surface area contributed by atoms with Gasteiger partial charge in [0.05, 0.1) is 12.8 Å². The van der Waals surface area contributed by atoms with Crippen molar-refractivity contribution in [2.45, 2.75) is 0 Å². The number of nitrogens with zero attached hydrogens (tertiary/aromatic N) is 2. The molecule has 0 spiro atoms. The third-order valence-electron chi connectivity index (χ3n) is 4.51. The molecule has 29 heavy (non-hydrogen) atoms. The summed E-state index contributed by atoms with van der Waals surface area (Å²) < 4.78 is 6.22. The van der Waals surface area contributed by atoms with E-state index in [1.807, 2.05) is 48.5 Å². The highest BCUT2D eigenvalue weighted by atomic mass is 79.9. The molecule has 0 aromatic heterocycles. The number of aromatic hydroxyl groups is 1. The molecule has 1 aliphatic heterocycles. The fourth-order valence-electron chi connectivity index (χ4n) is 3.11. The van der Waals surface area contributed by atoms with E-state index in [9.17, 15) is 9.90 Å². The van der Waals surface area contributed by atoms with E-state index in [0.29, 0.717) is 23.0 Å². The van der Waals surface area contributed by atoms with E-state index in [0.717, 1.165) is 15.6 Å². The van der Waals surface area contributed by atoms with Crippen LogP contribution in [0.15, 0.2) is 88.0 Å². The van der Waals surface area contributed by atoms with E-state index in [1.54, 1.807) is 42.4 Å². The van der Waals surface area contributed by atoms with Crippen LogP contribution in [0.1, 0.15) is 11.1 Å². The van der Waals surface area contributed by atoms with Gasteiger partial charge in [-0.3, -0.25) is 9.69 Å². The molecule has 0 saturated carbocycles. The molecule has 0 radical (unpaired) electrons. The Balaban J connectivity index is 1.86. The average Bonchev–Trinajstić information content (AvgIpc) is 3.05. The van der Waals surface area contributed by atoms with Gasteiger partial charge in [-0.15, -0.1) is 0 Å². The van der Waals surface area contributed by atoms with Crippen molar-refractivity contribution in [3.8, 4) is 11.5 Å². The zero-order valence-corrected chi connectivity index (χ0v) is 17.1. The minimum Gasteiger partial charge on any atom is -0.508 e. The molecule has 0 unspecified atom stereocenters. The standard InChI is InChI=1S/C23H17BrN2O3/c1-29-21-9-5-2-6-15(21)14-20-23(28)26(16-10-12-17(27)13-11-16)22(25-20)18-7-3-4-8-19(18)24/h2-14,27H,1H3/b20-14+. The van der Waals surface area contributed by atoms with Gasteiger partial charge in [0.1, 0.15) is 23.0 Å². The number of halogens is 1. The summed E-state index contributed by atoms with van der Waals surface area (Å²) in [5, 5.41) is 9.63. The third kappa shape index (κ3) is 3.67. The highest BCUT2D eigenvalue weighted by Gasteiger charge is 2.33. The minimum absolute atomic E-state index is 0.129. The van der Waals surface area contributed by atoms with Crippen molar-refractivity contribution in [2.75, 3.05) is 12.0 Å². The monoisotopic (exact) mass is 448 g/mol. The molecule has 0 saturated heterocycles. The fourth-order valence-corrected chi connectivity index (χ4v) is 3.58. The summed E-state index contributed by atoms with van der Waals surface area (Å²) >= 11 is 3.55. The predicted molar refractivity (Wildman–Crippen MR) is 117 cm³/mol. The van der Waals surface area contributed by atoms with Gasteiger partial charge in [-0.05, 0) is 42.5 Å². The summed E-state index contributed by atoms with van der Waals surface area (Å²) in [6.07, 6.45) is 1.72. The van der Waals surface area contributed by atoms with E-state index in [1.165, 1.54) is 0 Å². The summed E-state index contributed by atoms with van der Waals surface area (Å²) in [5.41, 5.74) is 2.47. The van der Waals surface area contributed by atoms with Crippen LogP contribution in [0.4, 0.5) is 5.69 Å². The van der Waals surface area contributed by atoms with E-state index >= 15 is 0 Å². The van der Waals surface area contributed by atoms with Crippen LogP contribution >= 0.6 is 15.9 Å². The van der Waals surface area contributed by atoms with E-state index < -0.39 is 0 Å². The predicted octanol–water partition coefficient (Wildman–Crippen LogP) is 5.00. The van der Waals surface area contributed by atoms with Gasteiger partial charge in [0.25, 0.3) is 5.91 Å². The first-order valence-electron chi connectivity index (χ1n) is 8.90. The Hall–Kier alpha value is -3.38. The van der Waals surface area contributed by atoms with Crippen LogP contribution < -0.4 is 9.64 Å². The number of hydrogen-bond acceptors (Lipinski definition) is 4. The van der Waals surface area contributed by atoms with Crippen LogP contribution in [-0.2, 0) is 4.79 Å². The number of anilines is 1. The Labute approximate surface area is 176 Å². The maximum absolute atomic E-state index is 13.3. The second-order valence-corrected chi connectivity index (χ2v) is 7.20. The number of benzene rings is 3. The van der Waals surface area contributed by atoms with Crippen molar-refractivity contribution in [1.29, 1.82) is 0 Å². The molecule has 4 rings (SSSR count). The summed E-state index contributed by atoms with van der Waals surface area (Å²) in [6.45, 7) is 0. The number of para-hydroxylation sites is 1. The molecule has 6 heteroatoms. The van der Waals surface area contributed by atoms with Crippen molar-refractivity contribution >= 4 is 39.4 Å². The SMILES string of the molecule is COc1ccccc1/C=C1/N=C(c2ccccc2Br)N(c2ccc(O)cc2)C1=O. The molecule has 0 aliphatic carbocycles. The lowest BCUT2D eigenvalue weighted by atomic mass is 10.1. The number of phenols is 1. The lowest BCUT2D eigenvalue weighted by Crippen LogP contribution is -2.32. The summed E-state index contributed by atoms with van der Waals surface area (Å²) in [7, 11) is 1.59. The minimum atomic E-state index is -0.257. The molecular formula is C23H17BrN2O3. The van der Waals surface area contributed by atoms with Crippen LogP contribution in [0.25, 0.3) is 6.08 Å². The number of amidine groups is 1. The van der Waals surface area contributed by atoms with E-state index in [4.69, 9.17) is 4.74 Å². The molecule has 0 bridgehead atoms. The molecule has 3 aromatic carbocycles. The summed E-state index contributed by atoms with van der Waals surface area (Å²) in [5.74, 6) is 1.04. The average molecular weight is 449 g/mol. The van der Waals surface area contributed by atoms with Crippen molar-refractivity contribution in [3.63, 3.8) is 0 Å². The number of ether oxygens (including phenoxy) is 1. The first-order chi connectivity index (χ1) is 14.1. The van der Waals surface area contributed by atoms with Crippen LogP contribution in [0.2, 0.25) is 0 Å². The molecule has 1 amide bonds. The van der Waals surface area contributed by atoms with Gasteiger partial charge in [0.2, 0.25) is 0 Å². The van der Waals surface area contributed by atoms with Crippen LogP contribution in [0, 0.1) is 0 Å². The first kappa shape index (κ1) is 19.0. The lowest BCUT2D eigenvalue weighted by molar-refractivity contribution is -0.113. The molecule has 0 atom stereocenters. The van der Waals surface area contributed by atoms with Crippen molar-refractivity contribution in [2.24, 2.45) is 4.99 Å². The Morgan fingerprint density at radius 2 is 1.69 bits per heavy atom. The smallest absolute Gasteiger partial charge is 0.282 e. The largest absolute Gasteiger partial charge is 0.508 e. The van der Waals surface area contributed by atoms with Gasteiger partial charge in [-0.25, -0.2) is 4.99 Å². The van der Waals surface area contributed by atoms with Crippen LogP contribution in [0.5, 0.6) is 11.5 Å². The summed E-state index contributed by atoms with van der Waals surface area (Å²) in [6, 6.07) is 21.5. The normalized spacial score (nSPS) is 15.0.